The molecule has 1 N–H and O–H groups in total. The van der Waals surface area contributed by atoms with Gasteiger partial charge in [0, 0.05) is 23.3 Å². The third-order valence-electron chi connectivity index (χ3n) is 6.28. The summed E-state index contributed by atoms with van der Waals surface area (Å²) < 4.78 is 7.09. The fourth-order valence-electron chi connectivity index (χ4n) is 4.05. The van der Waals surface area contributed by atoms with Gasteiger partial charge in [-0.1, -0.05) is 86.4 Å². The standard InChI is InChI=1S/C32H33Cl2N3O2/c1-32(2,3)17-18-35-31(38)21-37-20-29(27-15-12-25(33)19-28(27)34)36-30(37)16-7-22-5-8-23(9-6-22)24-10-13-26(39-4)14-11-24/h5-16,19-20H,17-18,21H2,1-4H3,(H,35,38)/b16-7+. The van der Waals surface area contributed by atoms with Gasteiger partial charge < -0.3 is 14.6 Å². The van der Waals surface area contributed by atoms with E-state index >= 15 is 0 Å². The van der Waals surface area contributed by atoms with E-state index in [1.807, 2.05) is 53.2 Å². The van der Waals surface area contributed by atoms with Crippen molar-refractivity contribution >= 4 is 41.3 Å². The monoisotopic (exact) mass is 561 g/mol. The summed E-state index contributed by atoms with van der Waals surface area (Å²) in [7, 11) is 1.66. The van der Waals surface area contributed by atoms with E-state index in [9.17, 15) is 4.79 Å². The third kappa shape index (κ3) is 7.98. The highest BCUT2D eigenvalue weighted by atomic mass is 35.5. The molecule has 0 spiro atoms. The number of amides is 1. The third-order valence-corrected chi connectivity index (χ3v) is 6.83. The summed E-state index contributed by atoms with van der Waals surface area (Å²) in [5, 5.41) is 4.08. The minimum absolute atomic E-state index is 0.0658. The first kappa shape index (κ1) is 28.5. The first-order chi connectivity index (χ1) is 18.6. The van der Waals surface area contributed by atoms with Crippen molar-refractivity contribution in [2.45, 2.75) is 33.7 Å². The zero-order valence-corrected chi connectivity index (χ0v) is 24.2. The topological polar surface area (TPSA) is 56.2 Å². The second-order valence-electron chi connectivity index (χ2n) is 10.6. The van der Waals surface area contributed by atoms with Crippen molar-refractivity contribution in [3.05, 3.63) is 94.4 Å². The number of benzene rings is 3. The highest BCUT2D eigenvalue weighted by molar-refractivity contribution is 6.36. The Hall–Kier alpha value is -3.54. The van der Waals surface area contributed by atoms with Gasteiger partial charge in [-0.3, -0.25) is 4.79 Å². The van der Waals surface area contributed by atoms with Crippen molar-refractivity contribution in [1.29, 1.82) is 0 Å². The lowest BCUT2D eigenvalue weighted by Crippen LogP contribution is -2.30. The van der Waals surface area contributed by atoms with E-state index in [-0.39, 0.29) is 17.9 Å². The maximum Gasteiger partial charge on any atom is 0.239 e. The number of hydrogen-bond acceptors (Lipinski definition) is 3. The maximum absolute atomic E-state index is 12.8. The Kier molecular flexibility index (Phi) is 9.16. The lowest BCUT2D eigenvalue weighted by atomic mass is 9.92. The molecule has 1 amide bonds. The molecule has 0 saturated heterocycles. The van der Waals surface area contributed by atoms with Crippen LogP contribution in [0, 0.1) is 5.41 Å². The van der Waals surface area contributed by atoms with Crippen LogP contribution in [0.2, 0.25) is 10.0 Å². The molecule has 0 unspecified atom stereocenters. The molecule has 0 fully saturated rings. The molecule has 0 radical (unpaired) electrons. The molecule has 3 aromatic carbocycles. The quantitative estimate of drug-likeness (QED) is 0.224. The summed E-state index contributed by atoms with van der Waals surface area (Å²) in [4.78, 5) is 17.6. The van der Waals surface area contributed by atoms with E-state index < -0.39 is 0 Å². The average Bonchev–Trinajstić information content (AvgIpc) is 3.29. The number of rotatable bonds is 9. The molecule has 0 aliphatic rings. The SMILES string of the molecule is COc1ccc(-c2ccc(/C=C/c3nc(-c4ccc(Cl)cc4Cl)cn3CC(=O)NCCC(C)(C)C)cc2)cc1. The minimum Gasteiger partial charge on any atom is -0.497 e. The number of carbonyl (C=O) groups is 1. The van der Waals surface area contributed by atoms with Crippen LogP contribution in [0.5, 0.6) is 5.75 Å². The van der Waals surface area contributed by atoms with Crippen LogP contribution in [0.1, 0.15) is 38.6 Å². The second-order valence-corrected chi connectivity index (χ2v) is 11.4. The first-order valence-electron chi connectivity index (χ1n) is 12.8. The molecule has 1 aromatic heterocycles. The average molecular weight is 563 g/mol. The fourth-order valence-corrected chi connectivity index (χ4v) is 4.55. The summed E-state index contributed by atoms with van der Waals surface area (Å²) in [5.74, 6) is 1.42. The van der Waals surface area contributed by atoms with Crippen molar-refractivity contribution in [2.24, 2.45) is 5.41 Å². The van der Waals surface area contributed by atoms with Crippen LogP contribution in [0.15, 0.2) is 72.9 Å². The Morgan fingerprint density at radius 3 is 2.26 bits per heavy atom. The van der Waals surface area contributed by atoms with E-state index in [4.69, 9.17) is 32.9 Å². The summed E-state index contributed by atoms with van der Waals surface area (Å²) in [6.45, 7) is 7.24. The number of hydrogen-bond donors (Lipinski definition) is 1. The lowest BCUT2D eigenvalue weighted by Gasteiger charge is -2.18. The van der Waals surface area contributed by atoms with Crippen LogP contribution in [-0.2, 0) is 11.3 Å². The number of methoxy groups -OCH3 is 1. The molecular formula is C32H33Cl2N3O2. The number of aromatic nitrogens is 2. The molecule has 0 bridgehead atoms. The van der Waals surface area contributed by atoms with E-state index in [0.717, 1.165) is 34.4 Å². The van der Waals surface area contributed by atoms with Crippen LogP contribution >= 0.6 is 23.2 Å². The van der Waals surface area contributed by atoms with Crippen LogP contribution < -0.4 is 10.1 Å². The highest BCUT2D eigenvalue weighted by Gasteiger charge is 2.15. The molecule has 0 aliphatic carbocycles. The van der Waals surface area contributed by atoms with Gasteiger partial charge in [-0.2, -0.15) is 0 Å². The van der Waals surface area contributed by atoms with Crippen molar-refractivity contribution in [1.82, 2.24) is 14.9 Å². The molecule has 5 nitrogen and oxygen atoms in total. The summed E-state index contributed by atoms with van der Waals surface area (Å²) in [5.41, 5.74) is 4.83. The number of nitrogens with one attached hydrogen (secondary N) is 1. The van der Waals surface area contributed by atoms with Gasteiger partial charge in [0.05, 0.1) is 17.8 Å². The second kappa shape index (κ2) is 12.5. The molecule has 7 heteroatoms. The summed E-state index contributed by atoms with van der Waals surface area (Å²) in [6, 6.07) is 21.6. The molecule has 0 saturated carbocycles. The number of carbonyl (C=O) groups excluding carboxylic acids is 1. The predicted octanol–water partition coefficient (Wildman–Crippen LogP) is 8.26. The summed E-state index contributed by atoms with van der Waals surface area (Å²) >= 11 is 12.6. The van der Waals surface area contributed by atoms with E-state index in [1.165, 1.54) is 0 Å². The predicted molar refractivity (Wildman–Crippen MR) is 162 cm³/mol. The van der Waals surface area contributed by atoms with E-state index in [1.54, 1.807) is 19.2 Å². The van der Waals surface area contributed by atoms with Gasteiger partial charge in [-0.25, -0.2) is 4.98 Å². The normalized spacial score (nSPS) is 11.6. The van der Waals surface area contributed by atoms with Crippen molar-refractivity contribution < 1.29 is 9.53 Å². The number of nitrogens with zero attached hydrogens (tertiary/aromatic N) is 2. The lowest BCUT2D eigenvalue weighted by molar-refractivity contribution is -0.121. The Morgan fingerprint density at radius 2 is 1.64 bits per heavy atom. The van der Waals surface area contributed by atoms with E-state index in [0.29, 0.717) is 28.1 Å². The van der Waals surface area contributed by atoms with Crippen LogP contribution in [0.25, 0.3) is 34.5 Å². The largest absolute Gasteiger partial charge is 0.497 e. The van der Waals surface area contributed by atoms with Gasteiger partial charge in [-0.15, -0.1) is 0 Å². The molecule has 202 valence electrons. The maximum atomic E-state index is 12.8. The van der Waals surface area contributed by atoms with Gasteiger partial charge in [-0.05, 0) is 64.9 Å². The summed E-state index contributed by atoms with van der Waals surface area (Å²) in [6.07, 6.45) is 6.65. The van der Waals surface area contributed by atoms with Crippen LogP contribution in [-0.4, -0.2) is 29.1 Å². The van der Waals surface area contributed by atoms with Crippen LogP contribution in [0.4, 0.5) is 0 Å². The Bertz CT molecular complexity index is 1450. The minimum atomic E-state index is -0.0658. The Balaban J connectivity index is 1.56. The number of halogens is 2. The zero-order valence-electron chi connectivity index (χ0n) is 22.7. The van der Waals surface area contributed by atoms with Crippen molar-refractivity contribution in [3.8, 4) is 28.1 Å². The Labute approximate surface area is 240 Å². The molecule has 1 heterocycles. The molecule has 39 heavy (non-hydrogen) atoms. The molecule has 4 aromatic rings. The van der Waals surface area contributed by atoms with Gasteiger partial charge in [0.2, 0.25) is 5.91 Å². The van der Waals surface area contributed by atoms with E-state index in [2.05, 4.69) is 50.4 Å². The van der Waals surface area contributed by atoms with Gasteiger partial charge in [0.25, 0.3) is 0 Å². The van der Waals surface area contributed by atoms with Gasteiger partial charge in [0.1, 0.15) is 18.1 Å². The zero-order chi connectivity index (χ0) is 28.0. The van der Waals surface area contributed by atoms with Crippen molar-refractivity contribution in [2.75, 3.05) is 13.7 Å². The fraction of sp³-hybridized carbons (Fsp3) is 0.250. The van der Waals surface area contributed by atoms with Crippen LogP contribution in [0.3, 0.4) is 0 Å². The first-order valence-corrected chi connectivity index (χ1v) is 13.6. The Morgan fingerprint density at radius 1 is 0.974 bits per heavy atom. The van der Waals surface area contributed by atoms with Crippen molar-refractivity contribution in [3.63, 3.8) is 0 Å². The molecule has 0 atom stereocenters. The molecule has 0 aliphatic heterocycles. The number of imidazole rings is 1. The molecular weight excluding hydrogens is 529 g/mol. The van der Waals surface area contributed by atoms with Gasteiger partial charge >= 0.3 is 0 Å². The highest BCUT2D eigenvalue weighted by Crippen LogP contribution is 2.30. The molecule has 4 rings (SSSR count). The van der Waals surface area contributed by atoms with Gasteiger partial charge in [0.15, 0.2) is 0 Å². The smallest absolute Gasteiger partial charge is 0.239 e. The number of ether oxygens (including phenoxy) is 1.